The summed E-state index contributed by atoms with van der Waals surface area (Å²) in [4.78, 5) is 52.7. The molecule has 0 aliphatic heterocycles. The zero-order valence-corrected chi connectivity index (χ0v) is 40.0. The third-order valence-corrected chi connectivity index (χ3v) is 10.2. The van der Waals surface area contributed by atoms with Crippen LogP contribution in [0.3, 0.4) is 0 Å². The Bertz CT molecular complexity index is 1560. The maximum atomic E-state index is 12.7. The van der Waals surface area contributed by atoms with Crippen molar-refractivity contribution in [3.05, 3.63) is 109 Å². The van der Waals surface area contributed by atoms with Crippen LogP contribution in [0.25, 0.3) is 0 Å². The number of unbranched alkanes of at least 4 members (excludes halogenated alkanes) is 7. The standard InChI is InChI=1S/C48H78O14P2/c1-3-5-7-8-9-10-11-12-13-14-15-18-22-25-28-31-35-39-48(52)62-46(43-61-64(56,57)60-41-45(50)40-59-63(53,54)55)42-58-47(51)38-34-30-27-24-21-19-16-17-20-23-26-29-33-37-44(49)36-32-6-4-2/h6,12-13,15,17-21,25-30,32-33,37,44-46,49-50H,3-5,7-11,14,16,22-24,31,34-36,38-43H2,1-2H3,(H,56,57)(H2,53,54,55)/b13-12-,18-15-,20-17-,21-19-,28-25-,29-26+,30-27-,32-6-,37-33+/t44?,45-,46+/m0/s1. The van der Waals surface area contributed by atoms with Crippen molar-refractivity contribution >= 4 is 27.6 Å². The van der Waals surface area contributed by atoms with Gasteiger partial charge >= 0.3 is 27.6 Å². The Morgan fingerprint density at radius 1 is 0.531 bits per heavy atom. The number of carbonyl (C=O) groups is 2. The highest BCUT2D eigenvalue weighted by Gasteiger charge is 2.28. The number of esters is 2. The molecule has 0 saturated carbocycles. The largest absolute Gasteiger partial charge is 0.472 e. The van der Waals surface area contributed by atoms with E-state index in [0.29, 0.717) is 32.1 Å². The van der Waals surface area contributed by atoms with Crippen LogP contribution in [0.2, 0.25) is 0 Å². The Hall–Kier alpha value is -3.26. The zero-order chi connectivity index (χ0) is 47.4. The van der Waals surface area contributed by atoms with Gasteiger partial charge in [0.1, 0.15) is 12.7 Å². The molecule has 0 saturated heterocycles. The van der Waals surface area contributed by atoms with Crippen molar-refractivity contribution in [3.8, 4) is 0 Å². The molecule has 0 aliphatic rings. The van der Waals surface area contributed by atoms with Crippen molar-refractivity contribution < 1.29 is 66.7 Å². The van der Waals surface area contributed by atoms with Crippen LogP contribution in [0.1, 0.15) is 136 Å². The number of rotatable bonds is 41. The molecule has 16 heteroatoms. The monoisotopic (exact) mass is 940 g/mol. The molecule has 364 valence electrons. The van der Waals surface area contributed by atoms with Crippen molar-refractivity contribution in [3.63, 3.8) is 0 Å². The van der Waals surface area contributed by atoms with E-state index in [1.165, 1.54) is 38.5 Å². The lowest BCUT2D eigenvalue weighted by Crippen LogP contribution is -2.29. The van der Waals surface area contributed by atoms with Gasteiger partial charge in [-0.25, -0.2) is 9.13 Å². The number of phosphoric acid groups is 2. The lowest BCUT2D eigenvalue weighted by atomic mass is 10.1. The van der Waals surface area contributed by atoms with Gasteiger partial charge in [-0.2, -0.15) is 0 Å². The molecule has 0 radical (unpaired) electrons. The Kier molecular flexibility index (Phi) is 40.2. The molecule has 0 spiro atoms. The van der Waals surface area contributed by atoms with E-state index in [2.05, 4.69) is 59.4 Å². The van der Waals surface area contributed by atoms with Gasteiger partial charge < -0.3 is 34.4 Å². The number of allylic oxidation sites excluding steroid dienone is 16. The van der Waals surface area contributed by atoms with E-state index in [0.717, 1.165) is 38.5 Å². The minimum absolute atomic E-state index is 0.0298. The first kappa shape index (κ1) is 60.7. The predicted octanol–water partition coefficient (Wildman–Crippen LogP) is 10.9. The fourth-order valence-corrected chi connectivity index (χ4v) is 6.45. The number of carbonyl (C=O) groups excluding carboxylic acids is 2. The van der Waals surface area contributed by atoms with E-state index in [4.69, 9.17) is 23.8 Å². The Balaban J connectivity index is 4.75. The summed E-state index contributed by atoms with van der Waals surface area (Å²) in [5.74, 6) is -1.22. The third-order valence-electron chi connectivity index (χ3n) is 8.73. The van der Waals surface area contributed by atoms with Crippen LogP contribution in [0.5, 0.6) is 0 Å². The summed E-state index contributed by atoms with van der Waals surface area (Å²) >= 11 is 0. The summed E-state index contributed by atoms with van der Waals surface area (Å²) in [6.07, 6.45) is 48.6. The van der Waals surface area contributed by atoms with Gasteiger partial charge in [0, 0.05) is 12.8 Å². The molecule has 0 aromatic heterocycles. The van der Waals surface area contributed by atoms with Gasteiger partial charge in [0.15, 0.2) is 6.10 Å². The highest BCUT2D eigenvalue weighted by atomic mass is 31.2. The van der Waals surface area contributed by atoms with Gasteiger partial charge in [-0.15, -0.1) is 0 Å². The van der Waals surface area contributed by atoms with Gasteiger partial charge in [-0.1, -0.05) is 155 Å². The van der Waals surface area contributed by atoms with Crippen LogP contribution in [-0.4, -0.2) is 81.6 Å². The molecule has 0 aromatic carbocycles. The van der Waals surface area contributed by atoms with Crippen molar-refractivity contribution in [2.45, 2.75) is 154 Å². The van der Waals surface area contributed by atoms with Gasteiger partial charge in [0.05, 0.1) is 25.9 Å². The molecule has 0 aromatic rings. The van der Waals surface area contributed by atoms with Gasteiger partial charge in [-0.3, -0.25) is 23.2 Å². The first-order valence-electron chi connectivity index (χ1n) is 22.7. The van der Waals surface area contributed by atoms with Crippen molar-refractivity contribution in [1.82, 2.24) is 0 Å². The SMILES string of the molecule is CC/C=C\CC(O)/C=C/C=C/C/C=C\C/C=C\C/C=C\CCC(=O)OC[C@H](COP(=O)(O)OC[C@@H](O)COP(=O)(O)O)OC(=O)CCC/C=C\C/C=C\C/C=C\CCCCCCCC. The molecular weight excluding hydrogens is 862 g/mol. The van der Waals surface area contributed by atoms with E-state index < -0.39 is 72.3 Å². The molecule has 0 bridgehead atoms. The smallest absolute Gasteiger partial charge is 0.462 e. The van der Waals surface area contributed by atoms with E-state index in [1.54, 1.807) is 6.08 Å². The minimum atomic E-state index is -4.89. The topological polar surface area (TPSA) is 216 Å². The van der Waals surface area contributed by atoms with Crippen LogP contribution in [0.15, 0.2) is 109 Å². The second-order valence-corrected chi connectivity index (χ2v) is 17.5. The molecule has 4 atom stereocenters. The number of aliphatic hydroxyl groups is 2. The molecule has 0 fully saturated rings. The molecule has 0 aliphatic carbocycles. The van der Waals surface area contributed by atoms with Crippen LogP contribution in [0, 0.1) is 0 Å². The average molecular weight is 941 g/mol. The number of hydrogen-bond donors (Lipinski definition) is 5. The molecule has 2 unspecified atom stereocenters. The fourth-order valence-electron chi connectivity index (χ4n) is 5.30. The lowest BCUT2D eigenvalue weighted by Gasteiger charge is -2.20. The maximum absolute atomic E-state index is 12.7. The summed E-state index contributed by atoms with van der Waals surface area (Å²) in [5, 5.41) is 19.6. The Morgan fingerprint density at radius 3 is 1.67 bits per heavy atom. The Morgan fingerprint density at radius 2 is 1.06 bits per heavy atom. The van der Waals surface area contributed by atoms with Crippen LogP contribution >= 0.6 is 15.6 Å². The second-order valence-electron chi connectivity index (χ2n) is 14.8. The van der Waals surface area contributed by atoms with Crippen LogP contribution in [-0.2, 0) is 41.8 Å². The van der Waals surface area contributed by atoms with Gasteiger partial charge in [-0.05, 0) is 77.0 Å². The first-order chi connectivity index (χ1) is 30.8. The third kappa shape index (κ3) is 45.3. The van der Waals surface area contributed by atoms with E-state index in [9.17, 15) is 33.8 Å². The Labute approximate surface area is 383 Å². The maximum Gasteiger partial charge on any atom is 0.472 e. The summed E-state index contributed by atoms with van der Waals surface area (Å²) in [6.45, 7) is 1.38. The van der Waals surface area contributed by atoms with Gasteiger partial charge in [0.25, 0.3) is 0 Å². The minimum Gasteiger partial charge on any atom is -0.462 e. The molecule has 0 rings (SSSR count). The summed E-state index contributed by atoms with van der Waals surface area (Å²) in [5.41, 5.74) is 0. The van der Waals surface area contributed by atoms with Crippen LogP contribution < -0.4 is 0 Å². The zero-order valence-electron chi connectivity index (χ0n) is 38.2. The first-order valence-corrected chi connectivity index (χ1v) is 25.7. The van der Waals surface area contributed by atoms with E-state index in [-0.39, 0.29) is 12.8 Å². The number of ether oxygens (including phenoxy) is 2. The second kappa shape index (κ2) is 42.4. The molecule has 64 heavy (non-hydrogen) atoms. The van der Waals surface area contributed by atoms with Crippen molar-refractivity contribution in [2.24, 2.45) is 0 Å². The number of aliphatic hydroxyl groups excluding tert-OH is 2. The van der Waals surface area contributed by atoms with Crippen LogP contribution in [0.4, 0.5) is 0 Å². The summed E-state index contributed by atoms with van der Waals surface area (Å²) in [7, 11) is -9.74. The highest BCUT2D eigenvalue weighted by Crippen LogP contribution is 2.43. The molecular formula is C48H78O14P2. The number of hydrogen-bond acceptors (Lipinski definition) is 11. The number of phosphoric ester groups is 2. The molecule has 5 N–H and O–H groups in total. The summed E-state index contributed by atoms with van der Waals surface area (Å²) < 4.78 is 47.6. The van der Waals surface area contributed by atoms with Crippen molar-refractivity contribution in [2.75, 3.05) is 26.4 Å². The van der Waals surface area contributed by atoms with Gasteiger partial charge in [0.2, 0.25) is 0 Å². The highest BCUT2D eigenvalue weighted by molar-refractivity contribution is 7.47. The lowest BCUT2D eigenvalue weighted by molar-refractivity contribution is -0.161. The normalized spacial score (nSPS) is 15.4. The van der Waals surface area contributed by atoms with E-state index >= 15 is 0 Å². The van der Waals surface area contributed by atoms with E-state index in [1.807, 2.05) is 66.8 Å². The molecule has 14 nitrogen and oxygen atoms in total. The average Bonchev–Trinajstić information content (AvgIpc) is 3.25. The predicted molar refractivity (Wildman–Crippen MR) is 254 cm³/mol. The quantitative estimate of drug-likeness (QED) is 0.0127. The molecule has 0 heterocycles. The fraction of sp³-hybridized carbons (Fsp3) is 0.583. The molecule has 0 amide bonds. The van der Waals surface area contributed by atoms with Crippen molar-refractivity contribution in [1.29, 1.82) is 0 Å². The summed E-state index contributed by atoms with van der Waals surface area (Å²) in [6, 6.07) is 0.